The van der Waals surface area contributed by atoms with Gasteiger partial charge in [-0.15, -0.1) is 0 Å². The van der Waals surface area contributed by atoms with Crippen LogP contribution in [-0.4, -0.2) is 12.5 Å². The lowest BCUT2D eigenvalue weighted by Gasteiger charge is -2.08. The lowest BCUT2D eigenvalue weighted by atomic mass is 10.2. The molecule has 0 aromatic heterocycles. The number of aryl methyl sites for hydroxylation is 1. The van der Waals surface area contributed by atoms with Gasteiger partial charge in [0.15, 0.2) is 6.61 Å². The maximum Gasteiger partial charge on any atom is 0.262 e. The molecule has 0 heterocycles. The van der Waals surface area contributed by atoms with Crippen molar-refractivity contribution >= 4 is 34.8 Å². The van der Waals surface area contributed by atoms with Crippen molar-refractivity contribution in [2.24, 2.45) is 0 Å². The minimum atomic E-state index is -0.235. The molecule has 0 saturated heterocycles. The molecule has 2 aromatic carbocycles. The molecule has 0 aliphatic heterocycles. The van der Waals surface area contributed by atoms with Crippen LogP contribution in [0.15, 0.2) is 42.5 Å². The number of nitrogens with one attached hydrogen (secondary N) is 1. The normalized spacial score (nSPS) is 10.2. The summed E-state index contributed by atoms with van der Waals surface area (Å²) in [6.45, 7) is 1.87. The number of anilines is 1. The predicted octanol–water partition coefficient (Wildman–Crippen LogP) is 4.32. The van der Waals surface area contributed by atoms with E-state index in [1.807, 2.05) is 31.2 Å². The first-order valence-electron chi connectivity index (χ1n) is 5.99. The maximum absolute atomic E-state index is 11.8. The Morgan fingerprint density at radius 1 is 1.15 bits per heavy atom. The van der Waals surface area contributed by atoms with Crippen molar-refractivity contribution in [1.29, 1.82) is 0 Å². The van der Waals surface area contributed by atoms with Gasteiger partial charge >= 0.3 is 0 Å². The molecule has 3 nitrogen and oxygen atoms in total. The van der Waals surface area contributed by atoms with Gasteiger partial charge in [-0.25, -0.2) is 0 Å². The summed E-state index contributed by atoms with van der Waals surface area (Å²) < 4.78 is 5.35. The molecule has 0 saturated carbocycles. The molecule has 0 unspecified atom stereocenters. The van der Waals surface area contributed by atoms with Crippen molar-refractivity contribution in [2.45, 2.75) is 6.92 Å². The second-order valence-corrected chi connectivity index (χ2v) is 5.10. The summed E-state index contributed by atoms with van der Waals surface area (Å²) in [7, 11) is 0. The zero-order chi connectivity index (χ0) is 14.5. The highest BCUT2D eigenvalue weighted by Crippen LogP contribution is 2.26. The second-order valence-electron chi connectivity index (χ2n) is 4.28. The quantitative estimate of drug-likeness (QED) is 0.913. The molecule has 1 amide bonds. The van der Waals surface area contributed by atoms with E-state index in [9.17, 15) is 4.79 Å². The van der Waals surface area contributed by atoms with Gasteiger partial charge in [-0.1, -0.05) is 35.3 Å². The Labute approximate surface area is 127 Å². The van der Waals surface area contributed by atoms with Gasteiger partial charge < -0.3 is 10.1 Å². The number of halogens is 2. The molecule has 0 aliphatic rings. The maximum atomic E-state index is 11.8. The molecule has 0 fully saturated rings. The first kappa shape index (κ1) is 14.7. The average molecular weight is 310 g/mol. The Morgan fingerprint density at radius 2 is 1.95 bits per heavy atom. The summed E-state index contributed by atoms with van der Waals surface area (Å²) in [5, 5.41) is 3.60. The zero-order valence-electron chi connectivity index (χ0n) is 10.8. The summed E-state index contributed by atoms with van der Waals surface area (Å²) in [4.78, 5) is 11.8. The molecule has 1 N–H and O–H groups in total. The molecular formula is C15H13Cl2NO2. The van der Waals surface area contributed by atoms with Crippen molar-refractivity contribution in [3.05, 3.63) is 58.1 Å². The van der Waals surface area contributed by atoms with E-state index in [4.69, 9.17) is 27.9 Å². The third-order valence-electron chi connectivity index (χ3n) is 2.56. The summed E-state index contributed by atoms with van der Waals surface area (Å²) in [5.74, 6) is 0.264. The fourth-order valence-corrected chi connectivity index (χ4v) is 1.92. The van der Waals surface area contributed by atoms with Crippen LogP contribution in [0.5, 0.6) is 5.75 Å². The van der Waals surface area contributed by atoms with E-state index in [0.717, 1.165) is 11.3 Å². The second kappa shape index (κ2) is 6.64. The largest absolute Gasteiger partial charge is 0.484 e. The highest BCUT2D eigenvalue weighted by molar-refractivity contribution is 6.42. The monoisotopic (exact) mass is 309 g/mol. The molecule has 2 aromatic rings. The van der Waals surface area contributed by atoms with Crippen LogP contribution < -0.4 is 10.1 Å². The summed E-state index contributed by atoms with van der Waals surface area (Å²) >= 11 is 11.7. The summed E-state index contributed by atoms with van der Waals surface area (Å²) in [6, 6.07) is 12.4. The third kappa shape index (κ3) is 4.15. The Kier molecular flexibility index (Phi) is 4.88. The van der Waals surface area contributed by atoms with E-state index >= 15 is 0 Å². The van der Waals surface area contributed by atoms with Crippen molar-refractivity contribution in [3.63, 3.8) is 0 Å². The molecule has 5 heteroatoms. The van der Waals surface area contributed by atoms with Gasteiger partial charge in [0.25, 0.3) is 5.91 Å². The van der Waals surface area contributed by atoms with Crippen molar-refractivity contribution in [1.82, 2.24) is 0 Å². The number of carbonyl (C=O) groups excluding carboxylic acids is 1. The standard InChI is InChI=1S/C15H13Cl2NO2/c1-10-3-2-4-11(7-10)18-15(19)9-20-12-5-6-13(16)14(17)8-12/h2-8H,9H2,1H3,(H,18,19). The first-order chi connectivity index (χ1) is 9.54. The van der Waals surface area contributed by atoms with Crippen LogP contribution in [0.4, 0.5) is 5.69 Å². The molecule has 2 rings (SSSR count). The molecular weight excluding hydrogens is 297 g/mol. The molecule has 0 radical (unpaired) electrons. The Bertz CT molecular complexity index is 629. The number of hydrogen-bond acceptors (Lipinski definition) is 2. The van der Waals surface area contributed by atoms with Crippen molar-refractivity contribution in [2.75, 3.05) is 11.9 Å². The van der Waals surface area contributed by atoms with Gasteiger partial charge in [-0.3, -0.25) is 4.79 Å². The average Bonchev–Trinajstić information content (AvgIpc) is 2.40. The lowest BCUT2D eigenvalue weighted by Crippen LogP contribution is -2.20. The van der Waals surface area contributed by atoms with E-state index in [1.165, 1.54) is 0 Å². The van der Waals surface area contributed by atoms with E-state index < -0.39 is 0 Å². The summed E-state index contributed by atoms with van der Waals surface area (Å²) in [5.41, 5.74) is 1.82. The Hall–Kier alpha value is -1.71. The molecule has 0 bridgehead atoms. The van der Waals surface area contributed by atoms with E-state index in [1.54, 1.807) is 18.2 Å². The Morgan fingerprint density at radius 3 is 2.65 bits per heavy atom. The van der Waals surface area contributed by atoms with Crippen molar-refractivity contribution in [3.8, 4) is 5.75 Å². The van der Waals surface area contributed by atoms with E-state index in [-0.39, 0.29) is 12.5 Å². The van der Waals surface area contributed by atoms with Crippen LogP contribution in [0, 0.1) is 6.92 Å². The lowest BCUT2D eigenvalue weighted by molar-refractivity contribution is -0.118. The van der Waals surface area contributed by atoms with Crippen LogP contribution in [0.2, 0.25) is 10.0 Å². The molecule has 0 atom stereocenters. The SMILES string of the molecule is Cc1cccc(NC(=O)COc2ccc(Cl)c(Cl)c2)c1. The van der Waals surface area contributed by atoms with Gasteiger partial charge in [-0.05, 0) is 36.8 Å². The first-order valence-corrected chi connectivity index (χ1v) is 6.74. The van der Waals surface area contributed by atoms with Crippen LogP contribution >= 0.6 is 23.2 Å². The number of rotatable bonds is 4. The minimum Gasteiger partial charge on any atom is -0.484 e. The number of carbonyl (C=O) groups is 1. The fourth-order valence-electron chi connectivity index (χ4n) is 1.64. The highest BCUT2D eigenvalue weighted by Gasteiger charge is 2.05. The van der Waals surface area contributed by atoms with Crippen LogP contribution in [-0.2, 0) is 4.79 Å². The van der Waals surface area contributed by atoms with Gasteiger partial charge in [0.05, 0.1) is 10.0 Å². The predicted molar refractivity (Wildman–Crippen MR) is 81.8 cm³/mol. The number of hydrogen-bond donors (Lipinski definition) is 1. The molecule has 20 heavy (non-hydrogen) atoms. The molecule has 0 spiro atoms. The van der Waals surface area contributed by atoms with Gasteiger partial charge in [0.1, 0.15) is 5.75 Å². The van der Waals surface area contributed by atoms with E-state index in [0.29, 0.717) is 15.8 Å². The van der Waals surface area contributed by atoms with Crippen LogP contribution in [0.1, 0.15) is 5.56 Å². The molecule has 0 aliphatic carbocycles. The minimum absolute atomic E-state index is 0.0914. The van der Waals surface area contributed by atoms with Gasteiger partial charge in [0, 0.05) is 11.8 Å². The van der Waals surface area contributed by atoms with Crippen LogP contribution in [0.3, 0.4) is 0 Å². The van der Waals surface area contributed by atoms with Gasteiger partial charge in [-0.2, -0.15) is 0 Å². The molecule has 104 valence electrons. The highest BCUT2D eigenvalue weighted by atomic mass is 35.5. The number of amides is 1. The summed E-state index contributed by atoms with van der Waals surface area (Å²) in [6.07, 6.45) is 0. The third-order valence-corrected chi connectivity index (χ3v) is 3.30. The topological polar surface area (TPSA) is 38.3 Å². The smallest absolute Gasteiger partial charge is 0.262 e. The Balaban J connectivity index is 1.90. The van der Waals surface area contributed by atoms with Gasteiger partial charge in [0.2, 0.25) is 0 Å². The van der Waals surface area contributed by atoms with E-state index in [2.05, 4.69) is 5.32 Å². The fraction of sp³-hybridized carbons (Fsp3) is 0.133. The zero-order valence-corrected chi connectivity index (χ0v) is 12.3. The van der Waals surface area contributed by atoms with Crippen molar-refractivity contribution < 1.29 is 9.53 Å². The number of benzene rings is 2. The van der Waals surface area contributed by atoms with Crippen LogP contribution in [0.25, 0.3) is 0 Å². The number of ether oxygens (including phenoxy) is 1.